The molecule has 1 aliphatic heterocycles. The van der Waals surface area contributed by atoms with Crippen molar-refractivity contribution in [3.8, 4) is 0 Å². The molecule has 0 radical (unpaired) electrons. The second-order valence-electron chi connectivity index (χ2n) is 5.80. The Morgan fingerprint density at radius 1 is 1.31 bits per heavy atom. The molecule has 0 saturated heterocycles. The van der Waals surface area contributed by atoms with Crippen molar-refractivity contribution in [3.05, 3.63) is 23.8 Å². The van der Waals surface area contributed by atoms with Crippen LogP contribution >= 0.6 is 0 Å². The van der Waals surface area contributed by atoms with Crippen molar-refractivity contribution in [2.24, 2.45) is 0 Å². The fourth-order valence-electron chi connectivity index (χ4n) is 2.43. The first-order valence-electron chi connectivity index (χ1n) is 6.02. The molecular formula is C14H22N2. The second-order valence-corrected chi connectivity index (χ2v) is 5.80. The van der Waals surface area contributed by atoms with Gasteiger partial charge in [-0.15, -0.1) is 0 Å². The van der Waals surface area contributed by atoms with Crippen molar-refractivity contribution in [1.82, 2.24) is 0 Å². The third-order valence-electron chi connectivity index (χ3n) is 3.20. The van der Waals surface area contributed by atoms with E-state index in [-0.39, 0.29) is 5.54 Å². The highest BCUT2D eigenvalue weighted by Crippen LogP contribution is 2.35. The standard InChI is InChI=1S/C14H22N2/c1-10(2)11-6-7-13-12(8-11)15-14(3,4)9-16(13)5/h6-8,10,15H,9H2,1-5H3. The number of hydrogen-bond donors (Lipinski definition) is 1. The number of nitrogens with one attached hydrogen (secondary N) is 1. The van der Waals surface area contributed by atoms with Crippen LogP contribution in [0.1, 0.15) is 39.2 Å². The monoisotopic (exact) mass is 218 g/mol. The molecule has 0 fully saturated rings. The summed E-state index contributed by atoms with van der Waals surface area (Å²) in [6, 6.07) is 6.75. The minimum Gasteiger partial charge on any atom is -0.377 e. The van der Waals surface area contributed by atoms with E-state index in [4.69, 9.17) is 0 Å². The van der Waals surface area contributed by atoms with E-state index in [0.29, 0.717) is 5.92 Å². The van der Waals surface area contributed by atoms with Gasteiger partial charge < -0.3 is 10.2 Å². The highest BCUT2D eigenvalue weighted by Gasteiger charge is 2.27. The van der Waals surface area contributed by atoms with Gasteiger partial charge in [0.05, 0.1) is 11.4 Å². The molecule has 1 aromatic rings. The summed E-state index contributed by atoms with van der Waals surface area (Å²) in [5.41, 5.74) is 4.13. The van der Waals surface area contributed by atoms with Crippen LogP contribution in [0.25, 0.3) is 0 Å². The fraction of sp³-hybridized carbons (Fsp3) is 0.571. The lowest BCUT2D eigenvalue weighted by Gasteiger charge is -2.40. The SMILES string of the molecule is CC(C)c1ccc2c(c1)NC(C)(C)CN2C. The molecule has 0 bridgehead atoms. The van der Waals surface area contributed by atoms with E-state index in [2.05, 4.69) is 63.2 Å². The molecule has 0 spiro atoms. The molecule has 0 saturated carbocycles. The Morgan fingerprint density at radius 3 is 2.62 bits per heavy atom. The molecule has 0 aromatic heterocycles. The molecule has 0 aliphatic carbocycles. The van der Waals surface area contributed by atoms with Crippen molar-refractivity contribution in [2.75, 3.05) is 23.8 Å². The summed E-state index contributed by atoms with van der Waals surface area (Å²) in [6.45, 7) is 10.0. The van der Waals surface area contributed by atoms with E-state index in [1.54, 1.807) is 0 Å². The third-order valence-corrected chi connectivity index (χ3v) is 3.20. The van der Waals surface area contributed by atoms with Crippen LogP contribution in [0.4, 0.5) is 11.4 Å². The lowest BCUT2D eigenvalue weighted by atomic mass is 9.96. The molecule has 16 heavy (non-hydrogen) atoms. The zero-order chi connectivity index (χ0) is 11.9. The van der Waals surface area contributed by atoms with Crippen LogP contribution in [0.2, 0.25) is 0 Å². The zero-order valence-electron chi connectivity index (χ0n) is 11.0. The Hall–Kier alpha value is -1.18. The molecule has 0 amide bonds. The smallest absolute Gasteiger partial charge is 0.0600 e. The molecule has 1 aliphatic rings. The number of fused-ring (bicyclic) bond motifs is 1. The topological polar surface area (TPSA) is 15.3 Å². The minimum atomic E-state index is 0.150. The average Bonchev–Trinajstić information content (AvgIpc) is 2.14. The van der Waals surface area contributed by atoms with E-state index in [1.165, 1.54) is 16.9 Å². The fourth-order valence-corrected chi connectivity index (χ4v) is 2.43. The van der Waals surface area contributed by atoms with Crippen molar-refractivity contribution in [3.63, 3.8) is 0 Å². The highest BCUT2D eigenvalue weighted by atomic mass is 15.2. The number of hydrogen-bond acceptors (Lipinski definition) is 2. The van der Waals surface area contributed by atoms with Crippen LogP contribution < -0.4 is 10.2 Å². The molecule has 1 aromatic carbocycles. The molecule has 0 unspecified atom stereocenters. The van der Waals surface area contributed by atoms with Gasteiger partial charge in [-0.25, -0.2) is 0 Å². The first-order valence-corrected chi connectivity index (χ1v) is 6.02. The summed E-state index contributed by atoms with van der Waals surface area (Å²) < 4.78 is 0. The number of rotatable bonds is 1. The van der Waals surface area contributed by atoms with Gasteiger partial charge in [0.2, 0.25) is 0 Å². The maximum absolute atomic E-state index is 3.62. The summed E-state index contributed by atoms with van der Waals surface area (Å²) >= 11 is 0. The highest BCUT2D eigenvalue weighted by molar-refractivity contribution is 5.74. The molecule has 1 N–H and O–H groups in total. The van der Waals surface area contributed by atoms with Gasteiger partial charge >= 0.3 is 0 Å². The molecular weight excluding hydrogens is 196 g/mol. The molecule has 2 nitrogen and oxygen atoms in total. The summed E-state index contributed by atoms with van der Waals surface area (Å²) in [4.78, 5) is 2.33. The molecule has 0 atom stereocenters. The van der Waals surface area contributed by atoms with Crippen LogP contribution in [-0.2, 0) is 0 Å². The predicted molar refractivity (Wildman–Crippen MR) is 71.5 cm³/mol. The molecule has 1 heterocycles. The first-order chi connectivity index (χ1) is 7.39. The predicted octanol–water partition coefficient (Wildman–Crippen LogP) is 3.45. The number of benzene rings is 1. The summed E-state index contributed by atoms with van der Waals surface area (Å²) in [5.74, 6) is 0.586. The largest absolute Gasteiger partial charge is 0.377 e. The Morgan fingerprint density at radius 2 is 2.00 bits per heavy atom. The Labute approximate surface area is 98.7 Å². The van der Waals surface area contributed by atoms with Crippen LogP contribution in [0.3, 0.4) is 0 Å². The van der Waals surface area contributed by atoms with Gasteiger partial charge in [-0.2, -0.15) is 0 Å². The lowest BCUT2D eigenvalue weighted by Crippen LogP contribution is -2.46. The lowest BCUT2D eigenvalue weighted by molar-refractivity contribution is 0.549. The Balaban J connectivity index is 2.42. The van der Waals surface area contributed by atoms with E-state index in [9.17, 15) is 0 Å². The maximum Gasteiger partial charge on any atom is 0.0600 e. The van der Waals surface area contributed by atoms with Gasteiger partial charge in [0.25, 0.3) is 0 Å². The molecule has 88 valence electrons. The van der Waals surface area contributed by atoms with Crippen molar-refractivity contribution >= 4 is 11.4 Å². The van der Waals surface area contributed by atoms with Gasteiger partial charge in [-0.3, -0.25) is 0 Å². The number of anilines is 2. The van der Waals surface area contributed by atoms with Gasteiger partial charge in [0.15, 0.2) is 0 Å². The van der Waals surface area contributed by atoms with E-state index >= 15 is 0 Å². The normalized spacial score (nSPS) is 18.2. The van der Waals surface area contributed by atoms with Crippen molar-refractivity contribution in [1.29, 1.82) is 0 Å². The minimum absolute atomic E-state index is 0.150. The van der Waals surface area contributed by atoms with Crippen LogP contribution in [-0.4, -0.2) is 19.1 Å². The summed E-state index contributed by atoms with van der Waals surface area (Å²) in [6.07, 6.45) is 0. The summed E-state index contributed by atoms with van der Waals surface area (Å²) in [5, 5.41) is 3.62. The Bertz CT molecular complexity index is 394. The zero-order valence-corrected chi connectivity index (χ0v) is 11.0. The average molecular weight is 218 g/mol. The second kappa shape index (κ2) is 3.69. The third kappa shape index (κ3) is 2.01. The van der Waals surface area contributed by atoms with Crippen molar-refractivity contribution in [2.45, 2.75) is 39.2 Å². The van der Waals surface area contributed by atoms with E-state index in [1.807, 2.05) is 0 Å². The van der Waals surface area contributed by atoms with Gasteiger partial charge in [0, 0.05) is 19.1 Å². The quantitative estimate of drug-likeness (QED) is 0.776. The van der Waals surface area contributed by atoms with Crippen molar-refractivity contribution < 1.29 is 0 Å². The molecule has 2 heteroatoms. The van der Waals surface area contributed by atoms with Gasteiger partial charge in [-0.1, -0.05) is 19.9 Å². The first kappa shape index (κ1) is 11.3. The van der Waals surface area contributed by atoms with Gasteiger partial charge in [0.1, 0.15) is 0 Å². The maximum atomic E-state index is 3.62. The molecule has 2 rings (SSSR count). The van der Waals surface area contributed by atoms with Crippen LogP contribution in [0, 0.1) is 0 Å². The van der Waals surface area contributed by atoms with Gasteiger partial charge in [-0.05, 0) is 37.5 Å². The number of nitrogens with zero attached hydrogens (tertiary/aromatic N) is 1. The summed E-state index contributed by atoms with van der Waals surface area (Å²) in [7, 11) is 2.16. The van der Waals surface area contributed by atoms with E-state index in [0.717, 1.165) is 6.54 Å². The Kier molecular flexibility index (Phi) is 2.61. The van der Waals surface area contributed by atoms with Crippen LogP contribution in [0.5, 0.6) is 0 Å². The number of likely N-dealkylation sites (N-methyl/N-ethyl adjacent to an activating group) is 1. The van der Waals surface area contributed by atoms with E-state index < -0.39 is 0 Å². The van der Waals surface area contributed by atoms with Crippen LogP contribution in [0.15, 0.2) is 18.2 Å².